The van der Waals surface area contributed by atoms with Gasteiger partial charge < -0.3 is 14.7 Å². The van der Waals surface area contributed by atoms with E-state index in [1.807, 2.05) is 0 Å². The summed E-state index contributed by atoms with van der Waals surface area (Å²) >= 11 is 0. The van der Waals surface area contributed by atoms with Crippen molar-refractivity contribution in [3.63, 3.8) is 0 Å². The van der Waals surface area contributed by atoms with Crippen molar-refractivity contribution in [3.05, 3.63) is 29.8 Å². The van der Waals surface area contributed by atoms with Crippen LogP contribution < -0.4 is 4.72 Å². The molecule has 1 aliphatic heterocycles. The van der Waals surface area contributed by atoms with E-state index < -0.39 is 27.3 Å². The Bertz CT molecular complexity index is 791. The first-order valence-corrected chi connectivity index (χ1v) is 10.5. The normalized spacial score (nSPS) is 20.3. The lowest BCUT2D eigenvalue weighted by Gasteiger charge is -2.39. The number of ether oxygens (including phenoxy) is 1. The summed E-state index contributed by atoms with van der Waals surface area (Å²) < 4.78 is 31.7. The number of carbonyl (C=O) groups is 2. The zero-order valence-corrected chi connectivity index (χ0v) is 16.4. The van der Waals surface area contributed by atoms with Crippen LogP contribution in [0.2, 0.25) is 0 Å². The van der Waals surface area contributed by atoms with Gasteiger partial charge in [-0.3, -0.25) is 14.3 Å². The van der Waals surface area contributed by atoms with E-state index in [4.69, 9.17) is 4.74 Å². The van der Waals surface area contributed by atoms with Gasteiger partial charge >= 0.3 is 5.97 Å². The number of benzene rings is 1. The third-order valence-electron chi connectivity index (χ3n) is 4.63. The van der Waals surface area contributed by atoms with Gasteiger partial charge in [0.15, 0.2) is 0 Å². The maximum atomic E-state index is 13.0. The van der Waals surface area contributed by atoms with Gasteiger partial charge in [-0.2, -0.15) is 0 Å². The number of aliphatic carboxylic acids is 1. The molecule has 0 radical (unpaired) electrons. The molecule has 1 aromatic carbocycles. The number of hydrogen-bond donors (Lipinski definition) is 2. The smallest absolute Gasteiger partial charge is 0.313 e. The minimum absolute atomic E-state index is 0.0108. The highest BCUT2D eigenvalue weighted by Gasteiger charge is 2.44. The highest BCUT2D eigenvalue weighted by atomic mass is 32.2. The van der Waals surface area contributed by atoms with Crippen LogP contribution >= 0.6 is 0 Å². The molecule has 27 heavy (non-hydrogen) atoms. The maximum absolute atomic E-state index is 13.0. The molecule has 2 rings (SSSR count). The molecular formula is C18H26N2O6S. The van der Waals surface area contributed by atoms with E-state index in [-0.39, 0.29) is 30.2 Å². The highest BCUT2D eigenvalue weighted by Crippen LogP contribution is 2.32. The van der Waals surface area contributed by atoms with E-state index in [9.17, 15) is 23.1 Å². The summed E-state index contributed by atoms with van der Waals surface area (Å²) in [6, 6.07) is 6.36. The standard InChI is InChI=1S/C18H26N2O6S/c1-3-11-27(24,25)19-15-8-5-4-7-14(15)16(21)20-10-6-9-18(12-20,13-26-2)17(22)23/h4-5,7-8,19H,3,6,9-13H2,1-2H3,(H,22,23). The van der Waals surface area contributed by atoms with Gasteiger partial charge in [0.05, 0.1) is 23.6 Å². The number of likely N-dealkylation sites (tertiary alicyclic amines) is 1. The van der Waals surface area contributed by atoms with E-state index in [0.29, 0.717) is 25.8 Å². The topological polar surface area (TPSA) is 113 Å². The van der Waals surface area contributed by atoms with Crippen molar-refractivity contribution >= 4 is 27.6 Å². The lowest BCUT2D eigenvalue weighted by molar-refractivity contribution is -0.155. The molecule has 8 nitrogen and oxygen atoms in total. The summed E-state index contributed by atoms with van der Waals surface area (Å²) in [5.74, 6) is -1.44. The lowest BCUT2D eigenvalue weighted by atomic mass is 9.80. The van der Waals surface area contributed by atoms with Crippen molar-refractivity contribution in [1.82, 2.24) is 4.90 Å². The number of anilines is 1. The number of methoxy groups -OCH3 is 1. The first kappa shape index (κ1) is 21.2. The number of sulfonamides is 1. The molecule has 1 unspecified atom stereocenters. The SMILES string of the molecule is CCCS(=O)(=O)Nc1ccccc1C(=O)N1CCCC(COC)(C(=O)O)C1. The molecule has 9 heteroatoms. The van der Waals surface area contributed by atoms with Crippen molar-refractivity contribution < 1.29 is 27.9 Å². The van der Waals surface area contributed by atoms with Crippen LogP contribution in [0.25, 0.3) is 0 Å². The van der Waals surface area contributed by atoms with Crippen molar-refractivity contribution in [2.75, 3.05) is 37.3 Å². The number of carboxylic acid groups (broad SMARTS) is 1. The van der Waals surface area contributed by atoms with E-state index in [2.05, 4.69) is 4.72 Å². The first-order chi connectivity index (χ1) is 12.7. The van der Waals surface area contributed by atoms with Gasteiger partial charge in [-0.15, -0.1) is 0 Å². The number of carbonyl (C=O) groups excluding carboxylic acids is 1. The predicted octanol–water partition coefficient (Wildman–Crippen LogP) is 1.79. The lowest BCUT2D eigenvalue weighted by Crippen LogP contribution is -2.52. The van der Waals surface area contributed by atoms with Crippen LogP contribution in [0.1, 0.15) is 36.5 Å². The highest BCUT2D eigenvalue weighted by molar-refractivity contribution is 7.92. The summed E-state index contributed by atoms with van der Waals surface area (Å²) in [4.78, 5) is 26.3. The average Bonchev–Trinajstić information content (AvgIpc) is 2.61. The third kappa shape index (κ3) is 4.98. The molecule has 1 heterocycles. The average molecular weight is 398 g/mol. The Balaban J connectivity index is 2.29. The second kappa shape index (κ2) is 8.71. The largest absolute Gasteiger partial charge is 0.481 e. The molecular weight excluding hydrogens is 372 g/mol. The first-order valence-electron chi connectivity index (χ1n) is 8.86. The number of piperidine rings is 1. The van der Waals surface area contributed by atoms with Crippen molar-refractivity contribution in [2.24, 2.45) is 5.41 Å². The molecule has 0 spiro atoms. The second-order valence-electron chi connectivity index (χ2n) is 6.82. The molecule has 1 fully saturated rings. The Morgan fingerprint density at radius 2 is 2.04 bits per heavy atom. The molecule has 1 aromatic rings. The van der Waals surface area contributed by atoms with Crippen molar-refractivity contribution in [1.29, 1.82) is 0 Å². The molecule has 0 saturated carbocycles. The quantitative estimate of drug-likeness (QED) is 0.690. The summed E-state index contributed by atoms with van der Waals surface area (Å²) in [7, 11) is -2.12. The second-order valence-corrected chi connectivity index (χ2v) is 8.66. The Morgan fingerprint density at radius 3 is 2.67 bits per heavy atom. The Hall–Kier alpha value is -2.13. The van der Waals surface area contributed by atoms with E-state index in [1.165, 1.54) is 18.1 Å². The zero-order valence-electron chi connectivity index (χ0n) is 15.6. The number of rotatable bonds is 8. The summed E-state index contributed by atoms with van der Waals surface area (Å²) in [6.45, 7) is 2.20. The predicted molar refractivity (Wildman–Crippen MR) is 101 cm³/mol. The van der Waals surface area contributed by atoms with Gasteiger partial charge in [0, 0.05) is 20.2 Å². The molecule has 1 amide bonds. The fourth-order valence-corrected chi connectivity index (χ4v) is 4.50. The van der Waals surface area contributed by atoms with Crippen LogP contribution in [0.4, 0.5) is 5.69 Å². The van der Waals surface area contributed by atoms with E-state index in [0.717, 1.165) is 0 Å². The molecule has 1 saturated heterocycles. The van der Waals surface area contributed by atoms with E-state index in [1.54, 1.807) is 25.1 Å². The van der Waals surface area contributed by atoms with Crippen molar-refractivity contribution in [3.8, 4) is 0 Å². The number of nitrogens with zero attached hydrogens (tertiary/aromatic N) is 1. The van der Waals surface area contributed by atoms with Crippen LogP contribution in [0.3, 0.4) is 0 Å². The Labute approximate surface area is 159 Å². The molecule has 2 N–H and O–H groups in total. The zero-order chi connectivity index (χ0) is 20.1. The van der Waals surface area contributed by atoms with Crippen LogP contribution in [0, 0.1) is 5.41 Å². The Morgan fingerprint density at radius 1 is 1.33 bits per heavy atom. The molecule has 1 aliphatic rings. The number of hydrogen-bond acceptors (Lipinski definition) is 5. The molecule has 0 aliphatic carbocycles. The minimum Gasteiger partial charge on any atom is -0.481 e. The van der Waals surface area contributed by atoms with Crippen molar-refractivity contribution in [2.45, 2.75) is 26.2 Å². The summed E-state index contributed by atoms with van der Waals surface area (Å²) in [6.07, 6.45) is 1.41. The number of para-hydroxylation sites is 1. The van der Waals surface area contributed by atoms with Gasteiger partial charge in [0.25, 0.3) is 5.91 Å². The van der Waals surface area contributed by atoms with Crippen LogP contribution in [0.5, 0.6) is 0 Å². The van der Waals surface area contributed by atoms with Gasteiger partial charge in [-0.1, -0.05) is 19.1 Å². The summed E-state index contributed by atoms with van der Waals surface area (Å²) in [5.41, 5.74) is -0.746. The van der Waals surface area contributed by atoms with Gasteiger partial charge in [0.2, 0.25) is 10.0 Å². The molecule has 150 valence electrons. The van der Waals surface area contributed by atoms with E-state index >= 15 is 0 Å². The number of amides is 1. The summed E-state index contributed by atoms with van der Waals surface area (Å²) in [5, 5.41) is 9.65. The van der Waals surface area contributed by atoms with Gasteiger partial charge in [-0.05, 0) is 31.4 Å². The molecule has 0 aromatic heterocycles. The Kier molecular flexibility index (Phi) is 6.83. The fourth-order valence-electron chi connectivity index (χ4n) is 3.35. The third-order valence-corrected chi connectivity index (χ3v) is 6.11. The van der Waals surface area contributed by atoms with Crippen LogP contribution in [-0.4, -0.2) is 62.9 Å². The van der Waals surface area contributed by atoms with Crippen LogP contribution in [0.15, 0.2) is 24.3 Å². The van der Waals surface area contributed by atoms with Gasteiger partial charge in [-0.25, -0.2) is 8.42 Å². The minimum atomic E-state index is -3.55. The van der Waals surface area contributed by atoms with Gasteiger partial charge in [0.1, 0.15) is 5.41 Å². The maximum Gasteiger partial charge on any atom is 0.313 e. The monoisotopic (exact) mass is 398 g/mol. The fraction of sp³-hybridized carbons (Fsp3) is 0.556. The molecule has 0 bridgehead atoms. The number of carboxylic acids is 1. The molecule has 1 atom stereocenters. The number of nitrogens with one attached hydrogen (secondary N) is 1. The van der Waals surface area contributed by atoms with Crippen LogP contribution in [-0.2, 0) is 19.6 Å².